The number of carbonyl (C=O) groups is 2. The van der Waals surface area contributed by atoms with Crippen molar-refractivity contribution in [2.75, 3.05) is 20.2 Å². The summed E-state index contributed by atoms with van der Waals surface area (Å²) >= 11 is 0. The summed E-state index contributed by atoms with van der Waals surface area (Å²) in [5.41, 5.74) is 1.02. The number of carbonyl (C=O) groups excluding carboxylic acids is 2. The van der Waals surface area contributed by atoms with Crippen LogP contribution in [0.25, 0.3) is 0 Å². The van der Waals surface area contributed by atoms with Crippen molar-refractivity contribution in [1.29, 1.82) is 0 Å². The van der Waals surface area contributed by atoms with E-state index in [0.717, 1.165) is 11.3 Å². The Balaban J connectivity index is 1.93. The molecule has 2 amide bonds. The van der Waals surface area contributed by atoms with Gasteiger partial charge in [0.05, 0.1) is 13.0 Å². The number of ether oxygens (including phenoxy) is 1. The van der Waals surface area contributed by atoms with E-state index in [1.165, 1.54) is 0 Å². The van der Waals surface area contributed by atoms with Crippen molar-refractivity contribution in [3.8, 4) is 5.75 Å². The van der Waals surface area contributed by atoms with Gasteiger partial charge in [0.1, 0.15) is 5.75 Å². The highest BCUT2D eigenvalue weighted by Gasteiger charge is 2.33. The minimum Gasteiger partial charge on any atom is -0.497 e. The molecule has 0 aliphatic carbocycles. The van der Waals surface area contributed by atoms with Gasteiger partial charge in [0.15, 0.2) is 0 Å². The summed E-state index contributed by atoms with van der Waals surface area (Å²) in [6.07, 6.45) is 1.91. The maximum absolute atomic E-state index is 12.0. The predicted octanol–water partition coefficient (Wildman–Crippen LogP) is 1.35. The molecule has 1 aliphatic heterocycles. The highest BCUT2D eigenvalue weighted by atomic mass is 16.5. The summed E-state index contributed by atoms with van der Waals surface area (Å²) in [4.78, 5) is 25.6. The molecule has 1 heterocycles. The van der Waals surface area contributed by atoms with Crippen LogP contribution in [-0.2, 0) is 16.1 Å². The van der Waals surface area contributed by atoms with Crippen LogP contribution >= 0.6 is 0 Å². The maximum atomic E-state index is 12.0. The van der Waals surface area contributed by atoms with Crippen LogP contribution in [0.5, 0.6) is 5.75 Å². The molecule has 0 bridgehead atoms. The number of benzene rings is 1. The molecule has 0 saturated carbocycles. The SMILES string of the molecule is C=CCNC(=O)[C@@H]1CC(=O)N(Cc2ccc(OC)cc2)C1. The number of methoxy groups -OCH3 is 1. The molecule has 0 spiro atoms. The average molecular weight is 288 g/mol. The Hall–Kier alpha value is -2.30. The van der Waals surface area contributed by atoms with Gasteiger partial charge in [0.2, 0.25) is 11.8 Å². The zero-order valence-electron chi connectivity index (χ0n) is 12.2. The van der Waals surface area contributed by atoms with E-state index >= 15 is 0 Å². The van der Waals surface area contributed by atoms with Crippen molar-refractivity contribution >= 4 is 11.8 Å². The van der Waals surface area contributed by atoms with Gasteiger partial charge >= 0.3 is 0 Å². The van der Waals surface area contributed by atoms with Crippen LogP contribution in [0.1, 0.15) is 12.0 Å². The number of hydrogen-bond acceptors (Lipinski definition) is 3. The second kappa shape index (κ2) is 6.92. The molecule has 112 valence electrons. The highest BCUT2D eigenvalue weighted by molar-refractivity contribution is 5.89. The van der Waals surface area contributed by atoms with Crippen molar-refractivity contribution in [3.63, 3.8) is 0 Å². The summed E-state index contributed by atoms with van der Waals surface area (Å²) in [6.45, 7) is 4.98. The van der Waals surface area contributed by atoms with Crippen molar-refractivity contribution < 1.29 is 14.3 Å². The Morgan fingerprint density at radius 2 is 2.19 bits per heavy atom. The topological polar surface area (TPSA) is 58.6 Å². The summed E-state index contributed by atoms with van der Waals surface area (Å²) in [5, 5.41) is 2.74. The fraction of sp³-hybridized carbons (Fsp3) is 0.375. The van der Waals surface area contributed by atoms with E-state index in [-0.39, 0.29) is 24.2 Å². The standard InChI is InChI=1S/C16H20N2O3/c1-3-8-17-16(20)13-9-15(19)18(11-13)10-12-4-6-14(21-2)7-5-12/h3-7,13H,1,8-11H2,2H3,(H,17,20)/t13-/m1/s1. The van der Waals surface area contributed by atoms with E-state index < -0.39 is 0 Å². The van der Waals surface area contributed by atoms with Crippen molar-refractivity contribution in [3.05, 3.63) is 42.5 Å². The molecule has 0 radical (unpaired) electrons. The number of amides is 2. The third kappa shape index (κ3) is 3.84. The molecule has 1 aromatic carbocycles. The zero-order chi connectivity index (χ0) is 15.2. The lowest BCUT2D eigenvalue weighted by atomic mass is 10.1. The molecule has 2 rings (SSSR count). The van der Waals surface area contributed by atoms with E-state index in [4.69, 9.17) is 4.74 Å². The van der Waals surface area contributed by atoms with Gasteiger partial charge in [-0.05, 0) is 17.7 Å². The van der Waals surface area contributed by atoms with E-state index in [0.29, 0.717) is 19.6 Å². The smallest absolute Gasteiger partial charge is 0.225 e. The number of nitrogens with zero attached hydrogens (tertiary/aromatic N) is 1. The molecule has 1 atom stereocenters. The monoisotopic (exact) mass is 288 g/mol. The Morgan fingerprint density at radius 1 is 1.48 bits per heavy atom. The van der Waals surface area contributed by atoms with Crippen LogP contribution in [0, 0.1) is 5.92 Å². The fourth-order valence-electron chi connectivity index (χ4n) is 2.37. The van der Waals surface area contributed by atoms with Gasteiger partial charge in [-0.3, -0.25) is 9.59 Å². The van der Waals surface area contributed by atoms with Gasteiger partial charge < -0.3 is 15.0 Å². The van der Waals surface area contributed by atoms with Crippen LogP contribution in [0.4, 0.5) is 0 Å². The molecule has 1 saturated heterocycles. The van der Waals surface area contributed by atoms with Gasteiger partial charge in [-0.15, -0.1) is 6.58 Å². The first-order valence-corrected chi connectivity index (χ1v) is 6.93. The van der Waals surface area contributed by atoms with E-state index in [2.05, 4.69) is 11.9 Å². The largest absolute Gasteiger partial charge is 0.497 e. The summed E-state index contributed by atoms with van der Waals surface area (Å²) in [6, 6.07) is 7.59. The number of nitrogens with one attached hydrogen (secondary N) is 1. The molecule has 21 heavy (non-hydrogen) atoms. The Kier molecular flexibility index (Phi) is 4.98. The molecule has 1 fully saturated rings. The lowest BCUT2D eigenvalue weighted by molar-refractivity contribution is -0.129. The lowest BCUT2D eigenvalue weighted by Crippen LogP contribution is -2.32. The minimum atomic E-state index is -0.268. The molecule has 1 N–H and O–H groups in total. The molecule has 5 heteroatoms. The van der Waals surface area contributed by atoms with Gasteiger partial charge in [0, 0.05) is 26.1 Å². The first-order valence-electron chi connectivity index (χ1n) is 6.93. The van der Waals surface area contributed by atoms with E-state index in [9.17, 15) is 9.59 Å². The molecule has 0 aromatic heterocycles. The van der Waals surface area contributed by atoms with Gasteiger partial charge in [0.25, 0.3) is 0 Å². The normalized spacial score (nSPS) is 17.7. The Morgan fingerprint density at radius 3 is 2.81 bits per heavy atom. The van der Waals surface area contributed by atoms with Crippen LogP contribution in [0.15, 0.2) is 36.9 Å². The summed E-state index contributed by atoms with van der Waals surface area (Å²) in [5.74, 6) is 0.453. The Bertz CT molecular complexity index is 525. The van der Waals surface area contributed by atoms with Crippen LogP contribution in [0.2, 0.25) is 0 Å². The molecular formula is C16H20N2O3. The Labute approximate surface area is 124 Å². The molecule has 5 nitrogen and oxygen atoms in total. The van der Waals surface area contributed by atoms with Gasteiger partial charge in [-0.1, -0.05) is 18.2 Å². The van der Waals surface area contributed by atoms with E-state index in [1.807, 2.05) is 24.3 Å². The molecule has 0 unspecified atom stereocenters. The van der Waals surface area contributed by atoms with Crippen LogP contribution < -0.4 is 10.1 Å². The first kappa shape index (κ1) is 15.1. The van der Waals surface area contributed by atoms with Gasteiger partial charge in [-0.2, -0.15) is 0 Å². The average Bonchev–Trinajstić information content (AvgIpc) is 2.87. The van der Waals surface area contributed by atoms with Crippen molar-refractivity contribution in [2.45, 2.75) is 13.0 Å². The molecular weight excluding hydrogens is 268 g/mol. The number of rotatable bonds is 6. The minimum absolute atomic E-state index is 0.0181. The number of hydrogen-bond donors (Lipinski definition) is 1. The quantitative estimate of drug-likeness (QED) is 0.804. The summed E-state index contributed by atoms with van der Waals surface area (Å²) in [7, 11) is 1.62. The van der Waals surface area contributed by atoms with Crippen LogP contribution in [-0.4, -0.2) is 36.9 Å². The third-order valence-corrected chi connectivity index (χ3v) is 3.54. The van der Waals surface area contributed by atoms with Gasteiger partial charge in [-0.25, -0.2) is 0 Å². The van der Waals surface area contributed by atoms with Crippen molar-refractivity contribution in [1.82, 2.24) is 10.2 Å². The second-order valence-electron chi connectivity index (χ2n) is 5.06. The van der Waals surface area contributed by atoms with Crippen molar-refractivity contribution in [2.24, 2.45) is 5.92 Å². The van der Waals surface area contributed by atoms with E-state index in [1.54, 1.807) is 18.1 Å². The third-order valence-electron chi connectivity index (χ3n) is 3.54. The number of likely N-dealkylation sites (tertiary alicyclic amines) is 1. The lowest BCUT2D eigenvalue weighted by Gasteiger charge is -2.16. The van der Waals surface area contributed by atoms with Crippen LogP contribution in [0.3, 0.4) is 0 Å². The first-order chi connectivity index (χ1) is 10.1. The fourth-order valence-corrected chi connectivity index (χ4v) is 2.37. The zero-order valence-corrected chi connectivity index (χ0v) is 12.2. The second-order valence-corrected chi connectivity index (χ2v) is 5.06. The maximum Gasteiger partial charge on any atom is 0.225 e. The molecule has 1 aromatic rings. The molecule has 1 aliphatic rings. The predicted molar refractivity (Wildman–Crippen MR) is 79.7 cm³/mol. The summed E-state index contributed by atoms with van der Waals surface area (Å²) < 4.78 is 5.10. The highest BCUT2D eigenvalue weighted by Crippen LogP contribution is 2.21.